The van der Waals surface area contributed by atoms with E-state index in [2.05, 4.69) is 4.98 Å². The highest BCUT2D eigenvalue weighted by Crippen LogP contribution is 2.31. The summed E-state index contributed by atoms with van der Waals surface area (Å²) in [6, 6.07) is 7.41. The maximum atomic E-state index is 12.3. The maximum absolute atomic E-state index is 12.3. The van der Waals surface area contributed by atoms with E-state index in [-0.39, 0.29) is 18.6 Å². The van der Waals surface area contributed by atoms with Crippen molar-refractivity contribution in [1.82, 2.24) is 4.98 Å². The molecular weight excluding hydrogens is 346 g/mol. The molecule has 0 saturated carbocycles. The molecule has 0 aliphatic carbocycles. The van der Waals surface area contributed by atoms with Gasteiger partial charge in [0.1, 0.15) is 10.8 Å². The second-order valence-corrected chi connectivity index (χ2v) is 8.07. The molecule has 4 nitrogen and oxygen atoms in total. The third-order valence-corrected chi connectivity index (χ3v) is 5.06. The molecule has 1 heterocycles. The summed E-state index contributed by atoms with van der Waals surface area (Å²) in [4.78, 5) is 28.1. The van der Waals surface area contributed by atoms with Crippen LogP contribution in [0.2, 0.25) is 5.02 Å². The predicted octanol–water partition coefficient (Wildman–Crippen LogP) is 4.71. The van der Waals surface area contributed by atoms with Gasteiger partial charge in [-0.25, -0.2) is 4.98 Å². The highest BCUT2D eigenvalue weighted by molar-refractivity contribution is 7.13. The molecule has 0 amide bonds. The third kappa shape index (κ3) is 4.65. The van der Waals surface area contributed by atoms with E-state index in [1.165, 1.54) is 11.3 Å². The van der Waals surface area contributed by atoms with Gasteiger partial charge >= 0.3 is 5.97 Å². The Morgan fingerprint density at radius 2 is 1.96 bits per heavy atom. The number of aliphatic carboxylic acids is 1. The molecule has 0 spiro atoms. The summed E-state index contributed by atoms with van der Waals surface area (Å²) in [5.74, 6) is -1.76. The van der Waals surface area contributed by atoms with Gasteiger partial charge in [-0.2, -0.15) is 0 Å². The lowest BCUT2D eigenvalue weighted by Crippen LogP contribution is -2.31. The molecule has 0 bridgehead atoms. The van der Waals surface area contributed by atoms with E-state index in [0.717, 1.165) is 10.6 Å². The second kappa shape index (κ2) is 7.45. The summed E-state index contributed by atoms with van der Waals surface area (Å²) in [5.41, 5.74) is 1.02. The first-order valence-corrected chi connectivity index (χ1v) is 8.88. The molecule has 1 aromatic carbocycles. The zero-order valence-corrected chi connectivity index (χ0v) is 15.4. The van der Waals surface area contributed by atoms with Gasteiger partial charge in [0.2, 0.25) is 0 Å². The van der Waals surface area contributed by atoms with Gasteiger partial charge in [-0.05, 0) is 11.5 Å². The van der Waals surface area contributed by atoms with Gasteiger partial charge in [-0.3, -0.25) is 9.59 Å². The zero-order valence-electron chi connectivity index (χ0n) is 13.9. The Labute approximate surface area is 150 Å². The lowest BCUT2D eigenvalue weighted by molar-refractivity contribution is -0.147. The van der Waals surface area contributed by atoms with Gasteiger partial charge in [0.15, 0.2) is 0 Å². The molecule has 0 fully saturated rings. The number of rotatable bonds is 6. The van der Waals surface area contributed by atoms with Crippen LogP contribution in [0.1, 0.15) is 32.9 Å². The second-order valence-electron chi connectivity index (χ2n) is 6.80. The fraction of sp³-hybridized carbons (Fsp3) is 0.389. The first kappa shape index (κ1) is 18.6. The molecule has 24 heavy (non-hydrogen) atoms. The molecule has 0 unspecified atom stereocenters. The SMILES string of the molecule is CC(C)(C)[C@H](CC(=O)Cc1csc(-c2ccccc2Cl)n1)C(=O)O. The lowest BCUT2D eigenvalue weighted by Gasteiger charge is -2.26. The molecule has 6 heteroatoms. The van der Waals surface area contributed by atoms with E-state index in [4.69, 9.17) is 11.6 Å². The van der Waals surface area contributed by atoms with Crippen molar-refractivity contribution in [3.63, 3.8) is 0 Å². The summed E-state index contributed by atoms with van der Waals surface area (Å²) < 4.78 is 0. The Morgan fingerprint density at radius 1 is 1.29 bits per heavy atom. The standard InChI is InChI=1S/C18H20ClNO3S/c1-18(2,3)14(17(22)23)9-12(21)8-11-10-24-16(20-11)13-6-4-5-7-15(13)19/h4-7,10,14H,8-9H2,1-3H3,(H,22,23)/t14-/m1/s1. The van der Waals surface area contributed by atoms with Crippen LogP contribution in [0, 0.1) is 11.3 Å². The van der Waals surface area contributed by atoms with Crippen LogP contribution in [0.25, 0.3) is 10.6 Å². The van der Waals surface area contributed by atoms with E-state index < -0.39 is 17.3 Å². The monoisotopic (exact) mass is 365 g/mol. The average molecular weight is 366 g/mol. The number of carbonyl (C=O) groups is 2. The summed E-state index contributed by atoms with van der Waals surface area (Å²) >= 11 is 7.59. The first-order chi connectivity index (χ1) is 11.2. The van der Waals surface area contributed by atoms with Crippen molar-refractivity contribution in [2.75, 3.05) is 0 Å². The van der Waals surface area contributed by atoms with Gasteiger partial charge in [-0.15, -0.1) is 11.3 Å². The normalized spacial score (nSPS) is 12.8. The van der Waals surface area contributed by atoms with Crippen molar-refractivity contribution in [1.29, 1.82) is 0 Å². The number of Topliss-reactive ketones (excluding diaryl/α,β-unsaturated/α-hetero) is 1. The number of aromatic nitrogens is 1. The van der Waals surface area contributed by atoms with E-state index in [9.17, 15) is 14.7 Å². The highest BCUT2D eigenvalue weighted by Gasteiger charge is 2.33. The molecule has 128 valence electrons. The molecule has 0 saturated heterocycles. The molecule has 0 radical (unpaired) electrons. The smallest absolute Gasteiger partial charge is 0.307 e. The molecule has 0 aliphatic rings. The van der Waals surface area contributed by atoms with E-state index >= 15 is 0 Å². The van der Waals surface area contributed by atoms with Gasteiger partial charge < -0.3 is 5.11 Å². The van der Waals surface area contributed by atoms with Crippen molar-refractivity contribution in [3.8, 4) is 10.6 Å². The van der Waals surface area contributed by atoms with E-state index in [0.29, 0.717) is 10.7 Å². The quantitative estimate of drug-likeness (QED) is 0.804. The van der Waals surface area contributed by atoms with E-state index in [1.807, 2.05) is 44.4 Å². The number of benzene rings is 1. The van der Waals surface area contributed by atoms with Crippen LogP contribution in [0.5, 0.6) is 0 Å². The zero-order chi connectivity index (χ0) is 17.9. The molecule has 1 N–H and O–H groups in total. The van der Waals surface area contributed by atoms with Gasteiger partial charge in [0, 0.05) is 23.8 Å². The lowest BCUT2D eigenvalue weighted by atomic mass is 9.77. The number of halogens is 1. The largest absolute Gasteiger partial charge is 0.481 e. The molecular formula is C18H20ClNO3S. The van der Waals surface area contributed by atoms with Crippen LogP contribution < -0.4 is 0 Å². The third-order valence-electron chi connectivity index (χ3n) is 3.81. The number of carboxylic acid groups (broad SMARTS) is 1. The number of hydrogen-bond donors (Lipinski definition) is 1. The summed E-state index contributed by atoms with van der Waals surface area (Å²) in [6.45, 7) is 5.49. The number of ketones is 1. The minimum Gasteiger partial charge on any atom is -0.481 e. The van der Waals surface area contributed by atoms with Crippen molar-refractivity contribution >= 4 is 34.7 Å². The van der Waals surface area contributed by atoms with Crippen LogP contribution in [0.4, 0.5) is 0 Å². The van der Waals surface area contributed by atoms with Gasteiger partial charge in [0.05, 0.1) is 16.6 Å². The Kier molecular flexibility index (Phi) is 5.78. The Balaban J connectivity index is 2.08. The Bertz CT molecular complexity index is 749. The first-order valence-electron chi connectivity index (χ1n) is 7.62. The number of hydrogen-bond acceptors (Lipinski definition) is 4. The average Bonchev–Trinajstić information content (AvgIpc) is 2.92. The highest BCUT2D eigenvalue weighted by atomic mass is 35.5. The number of carboxylic acids is 1. The molecule has 1 atom stereocenters. The van der Waals surface area contributed by atoms with Crippen LogP contribution in [0.3, 0.4) is 0 Å². The van der Waals surface area contributed by atoms with Crippen molar-refractivity contribution < 1.29 is 14.7 Å². The minimum atomic E-state index is -0.939. The fourth-order valence-electron chi connectivity index (χ4n) is 2.41. The Hall–Kier alpha value is -1.72. The Morgan fingerprint density at radius 3 is 2.54 bits per heavy atom. The van der Waals surface area contributed by atoms with Crippen LogP contribution >= 0.6 is 22.9 Å². The number of carbonyl (C=O) groups excluding carboxylic acids is 1. The maximum Gasteiger partial charge on any atom is 0.307 e. The number of thiazole rings is 1. The van der Waals surface area contributed by atoms with Crippen LogP contribution in [0.15, 0.2) is 29.6 Å². The minimum absolute atomic E-state index is 0.0117. The summed E-state index contributed by atoms with van der Waals surface area (Å²) in [7, 11) is 0. The predicted molar refractivity (Wildman–Crippen MR) is 96.5 cm³/mol. The fourth-order valence-corrected chi connectivity index (χ4v) is 3.55. The van der Waals surface area contributed by atoms with Crippen molar-refractivity contribution in [3.05, 3.63) is 40.4 Å². The number of nitrogens with zero attached hydrogens (tertiary/aromatic N) is 1. The van der Waals surface area contributed by atoms with Crippen LogP contribution in [-0.2, 0) is 16.0 Å². The molecule has 2 rings (SSSR count). The molecule has 1 aromatic heterocycles. The van der Waals surface area contributed by atoms with Crippen molar-refractivity contribution in [2.24, 2.45) is 11.3 Å². The van der Waals surface area contributed by atoms with E-state index in [1.54, 1.807) is 6.07 Å². The molecule has 0 aliphatic heterocycles. The van der Waals surface area contributed by atoms with Crippen LogP contribution in [-0.4, -0.2) is 21.8 Å². The topological polar surface area (TPSA) is 67.3 Å². The van der Waals surface area contributed by atoms with Crippen molar-refractivity contribution in [2.45, 2.75) is 33.6 Å². The van der Waals surface area contributed by atoms with Gasteiger partial charge in [-0.1, -0.05) is 50.6 Å². The summed E-state index contributed by atoms with van der Waals surface area (Å²) in [6.07, 6.45) is 0.151. The summed E-state index contributed by atoms with van der Waals surface area (Å²) in [5, 5.41) is 12.5. The van der Waals surface area contributed by atoms with Gasteiger partial charge in [0.25, 0.3) is 0 Å². The molecule has 2 aromatic rings.